The predicted molar refractivity (Wildman–Crippen MR) is 80.0 cm³/mol. The van der Waals surface area contributed by atoms with Crippen LogP contribution >= 0.6 is 24.2 Å². The van der Waals surface area contributed by atoms with Gasteiger partial charge in [-0.05, 0) is 30.0 Å². The van der Waals surface area contributed by atoms with E-state index in [0.29, 0.717) is 13.0 Å². The van der Waals surface area contributed by atoms with Gasteiger partial charge in [0.2, 0.25) is 5.91 Å². The molecule has 0 saturated carbocycles. The summed E-state index contributed by atoms with van der Waals surface area (Å²) in [5.74, 6) is 0.154. The van der Waals surface area contributed by atoms with Crippen molar-refractivity contribution in [2.45, 2.75) is 38.4 Å². The van der Waals surface area contributed by atoms with Gasteiger partial charge in [-0.1, -0.05) is 31.5 Å². The normalized spacial score (nSPS) is 19.7. The molecule has 1 amide bonds. The Morgan fingerprint density at radius 2 is 2.11 bits per heavy atom. The molecule has 1 unspecified atom stereocenters. The van der Waals surface area contributed by atoms with E-state index in [1.54, 1.807) is 0 Å². The zero-order valence-corrected chi connectivity index (χ0v) is 12.4. The van der Waals surface area contributed by atoms with Crippen LogP contribution in [0.3, 0.4) is 0 Å². The summed E-state index contributed by atoms with van der Waals surface area (Å²) in [4.78, 5) is 13.9. The summed E-state index contributed by atoms with van der Waals surface area (Å²) in [5, 5.41) is 0.881. The zero-order valence-electron chi connectivity index (χ0n) is 10.7. The van der Waals surface area contributed by atoms with E-state index in [0.717, 1.165) is 29.1 Å². The molecule has 1 atom stereocenters. The number of benzene rings is 1. The minimum atomic E-state index is 0.130. The predicted octanol–water partition coefficient (Wildman–Crippen LogP) is 3.50. The maximum absolute atomic E-state index is 12.1. The van der Waals surface area contributed by atoms with Crippen LogP contribution in [0, 0.1) is 0 Å². The van der Waals surface area contributed by atoms with Crippen LogP contribution < -0.4 is 4.90 Å². The van der Waals surface area contributed by atoms with Gasteiger partial charge in [0.25, 0.3) is 0 Å². The van der Waals surface area contributed by atoms with Crippen molar-refractivity contribution in [3.05, 3.63) is 28.3 Å². The van der Waals surface area contributed by atoms with E-state index in [4.69, 9.17) is 11.6 Å². The summed E-state index contributed by atoms with van der Waals surface area (Å²) in [6.07, 6.45) is 2.26. The average Bonchev–Trinajstić information content (AvgIpc) is 2.67. The average molecular weight is 284 g/mol. The van der Waals surface area contributed by atoms with E-state index in [-0.39, 0.29) is 11.2 Å². The number of hydrogen-bond donors (Lipinski definition) is 1. The van der Waals surface area contributed by atoms with E-state index in [9.17, 15) is 4.79 Å². The summed E-state index contributed by atoms with van der Waals surface area (Å²) in [6.45, 7) is 4.86. The largest absolute Gasteiger partial charge is 0.311 e. The Morgan fingerprint density at radius 1 is 1.39 bits per heavy atom. The number of anilines is 1. The fourth-order valence-electron chi connectivity index (χ4n) is 2.52. The molecule has 0 bridgehead atoms. The second-order valence-electron chi connectivity index (χ2n) is 4.60. The Bertz CT molecular complexity index is 475. The van der Waals surface area contributed by atoms with Crippen LogP contribution in [0.1, 0.15) is 31.4 Å². The van der Waals surface area contributed by atoms with Crippen molar-refractivity contribution in [1.29, 1.82) is 0 Å². The van der Waals surface area contributed by atoms with Crippen LogP contribution in [0.5, 0.6) is 0 Å². The first kappa shape index (κ1) is 13.8. The molecule has 18 heavy (non-hydrogen) atoms. The molecular weight excluding hydrogens is 266 g/mol. The van der Waals surface area contributed by atoms with Crippen LogP contribution in [-0.2, 0) is 17.6 Å². The number of nitrogens with zero attached hydrogens (tertiary/aromatic N) is 1. The molecular formula is C14H18ClNOS. The van der Waals surface area contributed by atoms with Crippen molar-refractivity contribution in [2.75, 3.05) is 11.4 Å². The van der Waals surface area contributed by atoms with Crippen molar-refractivity contribution in [3.63, 3.8) is 0 Å². The lowest BCUT2D eigenvalue weighted by Gasteiger charge is -2.24. The van der Waals surface area contributed by atoms with Gasteiger partial charge in [-0.2, -0.15) is 12.6 Å². The number of carbonyl (C=O) groups is 1. The van der Waals surface area contributed by atoms with Gasteiger partial charge in [0.05, 0.1) is 5.69 Å². The fraction of sp³-hybridized carbons (Fsp3) is 0.500. The van der Waals surface area contributed by atoms with Crippen molar-refractivity contribution in [3.8, 4) is 0 Å². The van der Waals surface area contributed by atoms with E-state index in [2.05, 4.69) is 26.5 Å². The molecule has 1 aliphatic heterocycles. The van der Waals surface area contributed by atoms with Crippen LogP contribution in [0.4, 0.5) is 5.69 Å². The number of carbonyl (C=O) groups excluding carboxylic acids is 1. The van der Waals surface area contributed by atoms with Gasteiger partial charge in [0.15, 0.2) is 0 Å². The standard InChI is InChI=1S/C14H18ClNOS/c1-3-9-5-6-12(15)11(4-2)14(9)16-8-10(18)7-13(16)17/h5-6,10,18H,3-4,7-8H2,1-2H3. The maximum Gasteiger partial charge on any atom is 0.228 e. The molecule has 1 heterocycles. The molecule has 98 valence electrons. The summed E-state index contributed by atoms with van der Waals surface area (Å²) in [6, 6.07) is 3.96. The number of hydrogen-bond acceptors (Lipinski definition) is 2. The number of rotatable bonds is 3. The molecule has 2 rings (SSSR count). The lowest BCUT2D eigenvalue weighted by atomic mass is 10.0. The summed E-state index contributed by atoms with van der Waals surface area (Å²) < 4.78 is 0. The third kappa shape index (κ3) is 2.39. The number of thiol groups is 1. The minimum absolute atomic E-state index is 0.130. The maximum atomic E-state index is 12.1. The molecule has 0 N–H and O–H groups in total. The van der Waals surface area contributed by atoms with E-state index >= 15 is 0 Å². The Labute approximate surface area is 119 Å². The smallest absolute Gasteiger partial charge is 0.228 e. The van der Waals surface area contributed by atoms with E-state index < -0.39 is 0 Å². The Morgan fingerprint density at radius 3 is 2.61 bits per heavy atom. The lowest BCUT2D eigenvalue weighted by Crippen LogP contribution is -2.27. The topological polar surface area (TPSA) is 20.3 Å². The molecule has 0 aromatic heterocycles. The molecule has 1 fully saturated rings. The number of amides is 1. The SMILES string of the molecule is CCc1ccc(Cl)c(CC)c1N1CC(S)CC1=O. The van der Waals surface area contributed by atoms with Crippen LogP contribution in [0.15, 0.2) is 12.1 Å². The Balaban J connectivity index is 2.54. The summed E-state index contributed by atoms with van der Waals surface area (Å²) in [7, 11) is 0. The van der Waals surface area contributed by atoms with Gasteiger partial charge in [-0.15, -0.1) is 0 Å². The first-order valence-electron chi connectivity index (χ1n) is 6.37. The van der Waals surface area contributed by atoms with Gasteiger partial charge in [-0.3, -0.25) is 4.79 Å². The highest BCUT2D eigenvalue weighted by molar-refractivity contribution is 7.81. The quantitative estimate of drug-likeness (QED) is 0.842. The first-order chi connectivity index (χ1) is 8.58. The van der Waals surface area contributed by atoms with Crippen molar-refractivity contribution < 1.29 is 4.79 Å². The van der Waals surface area contributed by atoms with Gasteiger partial charge in [0, 0.05) is 23.2 Å². The summed E-state index contributed by atoms with van der Waals surface area (Å²) >= 11 is 10.7. The molecule has 4 heteroatoms. The molecule has 0 spiro atoms. The second-order valence-corrected chi connectivity index (χ2v) is 5.74. The highest BCUT2D eigenvalue weighted by Gasteiger charge is 2.31. The van der Waals surface area contributed by atoms with Crippen LogP contribution in [0.2, 0.25) is 5.02 Å². The highest BCUT2D eigenvalue weighted by atomic mass is 35.5. The second kappa shape index (κ2) is 5.54. The van der Waals surface area contributed by atoms with Crippen molar-refractivity contribution in [1.82, 2.24) is 0 Å². The Kier molecular flexibility index (Phi) is 4.23. The van der Waals surface area contributed by atoms with Crippen molar-refractivity contribution >= 4 is 35.8 Å². The van der Waals surface area contributed by atoms with E-state index in [1.165, 1.54) is 5.56 Å². The third-order valence-corrected chi connectivity index (χ3v) is 4.12. The molecule has 0 radical (unpaired) electrons. The van der Waals surface area contributed by atoms with Crippen molar-refractivity contribution in [2.24, 2.45) is 0 Å². The van der Waals surface area contributed by atoms with Crippen LogP contribution in [-0.4, -0.2) is 17.7 Å². The third-order valence-electron chi connectivity index (χ3n) is 3.42. The van der Waals surface area contributed by atoms with Gasteiger partial charge < -0.3 is 4.90 Å². The zero-order chi connectivity index (χ0) is 13.3. The summed E-state index contributed by atoms with van der Waals surface area (Å²) in [5.41, 5.74) is 3.29. The fourth-order valence-corrected chi connectivity index (χ4v) is 3.13. The van der Waals surface area contributed by atoms with Gasteiger partial charge in [0.1, 0.15) is 0 Å². The number of halogens is 1. The van der Waals surface area contributed by atoms with Crippen LogP contribution in [0.25, 0.3) is 0 Å². The highest BCUT2D eigenvalue weighted by Crippen LogP contribution is 2.35. The lowest BCUT2D eigenvalue weighted by molar-refractivity contribution is -0.117. The monoisotopic (exact) mass is 283 g/mol. The first-order valence-corrected chi connectivity index (χ1v) is 7.26. The van der Waals surface area contributed by atoms with E-state index in [1.807, 2.05) is 17.0 Å². The molecule has 1 aromatic rings. The number of aryl methyl sites for hydroxylation is 1. The Hall–Kier alpha value is -0.670. The molecule has 0 aliphatic carbocycles. The molecule has 1 aliphatic rings. The van der Waals surface area contributed by atoms with Gasteiger partial charge in [-0.25, -0.2) is 0 Å². The van der Waals surface area contributed by atoms with Gasteiger partial charge >= 0.3 is 0 Å². The molecule has 2 nitrogen and oxygen atoms in total. The molecule has 1 aromatic carbocycles. The minimum Gasteiger partial charge on any atom is -0.311 e. The molecule has 1 saturated heterocycles.